The zero-order valence-corrected chi connectivity index (χ0v) is 17.6. The summed E-state index contributed by atoms with van der Waals surface area (Å²) in [7, 11) is 0. The van der Waals surface area contributed by atoms with Crippen LogP contribution in [0, 0.1) is 5.92 Å². The van der Waals surface area contributed by atoms with Gasteiger partial charge in [0.1, 0.15) is 17.4 Å². The van der Waals surface area contributed by atoms with Crippen molar-refractivity contribution in [3.8, 4) is 0 Å². The number of carbonyl (C=O) groups excluding carboxylic acids is 2. The van der Waals surface area contributed by atoms with Crippen molar-refractivity contribution in [2.24, 2.45) is 11.1 Å². The van der Waals surface area contributed by atoms with Crippen molar-refractivity contribution in [1.82, 2.24) is 5.32 Å². The topological polar surface area (TPSA) is 97.2 Å². The van der Waals surface area contributed by atoms with Gasteiger partial charge in [-0.2, -0.15) is 26.3 Å². The summed E-state index contributed by atoms with van der Waals surface area (Å²) >= 11 is 0. The number of oxime groups is 1. The molecule has 31 heavy (non-hydrogen) atoms. The van der Waals surface area contributed by atoms with E-state index in [1.165, 1.54) is 0 Å². The number of amides is 1. The lowest BCUT2D eigenvalue weighted by Gasteiger charge is -2.35. The molecule has 0 saturated carbocycles. The first kappa shape index (κ1) is 27.0. The molecule has 0 aliphatic carbocycles. The molecular formula is C18H26F6N2O5. The highest BCUT2D eigenvalue weighted by Gasteiger charge is 2.76. The Morgan fingerprint density at radius 1 is 1.13 bits per heavy atom. The first-order valence-corrected chi connectivity index (χ1v) is 9.51. The average Bonchev–Trinajstić information content (AvgIpc) is 3.07. The fourth-order valence-corrected chi connectivity index (χ4v) is 2.98. The molecule has 0 radical (unpaired) electrons. The van der Waals surface area contributed by atoms with Crippen LogP contribution in [0.3, 0.4) is 0 Å². The largest absolute Gasteiger partial charge is 0.458 e. The molecule has 2 atom stereocenters. The lowest BCUT2D eigenvalue weighted by molar-refractivity contribution is -0.392. The molecule has 180 valence electrons. The molecule has 2 unspecified atom stereocenters. The molecule has 1 heterocycles. The number of halogens is 6. The smallest absolute Gasteiger partial charge is 0.430 e. The molecule has 13 heteroatoms. The molecule has 1 rings (SSSR count). The van der Waals surface area contributed by atoms with Gasteiger partial charge in [-0.25, -0.2) is 4.79 Å². The number of aliphatic hydroxyl groups is 1. The minimum atomic E-state index is -6.13. The lowest BCUT2D eigenvalue weighted by atomic mass is 9.90. The van der Waals surface area contributed by atoms with Crippen molar-refractivity contribution in [1.29, 1.82) is 0 Å². The van der Waals surface area contributed by atoms with Crippen LogP contribution in [0.4, 0.5) is 26.3 Å². The predicted octanol–water partition coefficient (Wildman–Crippen LogP) is 3.25. The van der Waals surface area contributed by atoms with E-state index in [-0.39, 0.29) is 0 Å². The van der Waals surface area contributed by atoms with Crippen LogP contribution < -0.4 is 5.32 Å². The average molecular weight is 464 g/mol. The SMILES string of the molecule is CCC(CC)C(NC(=O)C1=NOC(C(O)(C(F)(F)F)C(F)(F)F)C1)C(=O)OC(C)(C)C. The zero-order chi connectivity index (χ0) is 24.4. The Labute approximate surface area is 175 Å². The normalized spacial score (nSPS) is 19.0. The Morgan fingerprint density at radius 3 is 2.00 bits per heavy atom. The summed E-state index contributed by atoms with van der Waals surface area (Å²) in [5.41, 5.74) is -6.96. The lowest BCUT2D eigenvalue weighted by Crippen LogP contribution is -2.64. The fraction of sp³-hybridized carbons (Fsp3) is 0.833. The maximum absolute atomic E-state index is 13.0. The van der Waals surface area contributed by atoms with E-state index in [1.807, 2.05) is 0 Å². The van der Waals surface area contributed by atoms with E-state index >= 15 is 0 Å². The number of carbonyl (C=O) groups is 2. The highest BCUT2D eigenvalue weighted by Crippen LogP contribution is 2.48. The number of esters is 1. The number of nitrogens with zero attached hydrogens (tertiary/aromatic N) is 1. The molecule has 0 saturated heterocycles. The summed E-state index contributed by atoms with van der Waals surface area (Å²) in [6, 6.07) is -1.22. The molecule has 7 nitrogen and oxygen atoms in total. The number of rotatable bonds is 7. The van der Waals surface area contributed by atoms with Crippen molar-refractivity contribution in [3.63, 3.8) is 0 Å². The van der Waals surface area contributed by atoms with Crippen molar-refractivity contribution in [3.05, 3.63) is 0 Å². The van der Waals surface area contributed by atoms with Crippen LogP contribution in [0.25, 0.3) is 0 Å². The fourth-order valence-electron chi connectivity index (χ4n) is 2.98. The Balaban J connectivity index is 3.06. The molecule has 2 N–H and O–H groups in total. The van der Waals surface area contributed by atoms with Gasteiger partial charge in [0.15, 0.2) is 6.10 Å². The van der Waals surface area contributed by atoms with Crippen LogP contribution in [-0.4, -0.2) is 58.4 Å². The summed E-state index contributed by atoms with van der Waals surface area (Å²) in [5, 5.41) is 14.7. The van der Waals surface area contributed by atoms with Gasteiger partial charge in [0, 0.05) is 6.42 Å². The van der Waals surface area contributed by atoms with E-state index in [1.54, 1.807) is 34.6 Å². The summed E-state index contributed by atoms with van der Waals surface area (Å²) in [5.74, 6) is -2.43. The van der Waals surface area contributed by atoms with E-state index in [2.05, 4.69) is 15.3 Å². The third-order valence-corrected chi connectivity index (χ3v) is 4.73. The van der Waals surface area contributed by atoms with Crippen LogP contribution in [0.5, 0.6) is 0 Å². The minimum absolute atomic E-state index is 0.417. The highest BCUT2D eigenvalue weighted by atomic mass is 19.4. The van der Waals surface area contributed by atoms with Crippen molar-refractivity contribution in [2.75, 3.05) is 0 Å². The predicted molar refractivity (Wildman–Crippen MR) is 95.8 cm³/mol. The Hall–Kier alpha value is -2.05. The van der Waals surface area contributed by atoms with Gasteiger partial charge in [-0.05, 0) is 26.7 Å². The van der Waals surface area contributed by atoms with E-state index in [0.29, 0.717) is 12.8 Å². The number of nitrogens with one attached hydrogen (secondary N) is 1. The van der Waals surface area contributed by atoms with Crippen molar-refractivity contribution < 1.29 is 50.6 Å². The molecule has 1 amide bonds. The third kappa shape index (κ3) is 6.01. The van der Waals surface area contributed by atoms with Crippen LogP contribution in [0.15, 0.2) is 5.16 Å². The molecule has 0 aromatic heterocycles. The van der Waals surface area contributed by atoms with Crippen LogP contribution in [-0.2, 0) is 19.2 Å². The molecule has 0 bridgehead atoms. The van der Waals surface area contributed by atoms with Crippen LogP contribution >= 0.6 is 0 Å². The van der Waals surface area contributed by atoms with Crippen molar-refractivity contribution >= 4 is 17.6 Å². The van der Waals surface area contributed by atoms with Gasteiger partial charge in [-0.15, -0.1) is 0 Å². The van der Waals surface area contributed by atoms with Crippen LogP contribution in [0.1, 0.15) is 53.9 Å². The molecule has 0 aromatic rings. The maximum Gasteiger partial charge on any atom is 0.430 e. The number of hydrogen-bond donors (Lipinski definition) is 2. The van der Waals surface area contributed by atoms with E-state index < -0.39 is 65.6 Å². The molecule has 0 aromatic carbocycles. The summed E-state index contributed by atoms with van der Waals surface area (Å²) in [4.78, 5) is 29.1. The zero-order valence-electron chi connectivity index (χ0n) is 17.6. The Bertz CT molecular complexity index is 681. The van der Waals surface area contributed by atoms with Gasteiger partial charge in [-0.3, -0.25) is 4.79 Å². The van der Waals surface area contributed by atoms with Gasteiger partial charge < -0.3 is 20.0 Å². The van der Waals surface area contributed by atoms with Gasteiger partial charge in [0.05, 0.1) is 0 Å². The quantitative estimate of drug-likeness (QED) is 0.445. The summed E-state index contributed by atoms with van der Waals surface area (Å²) in [6.07, 6.45) is -15.6. The van der Waals surface area contributed by atoms with Crippen LogP contribution in [0.2, 0.25) is 0 Å². The second-order valence-corrected chi connectivity index (χ2v) is 8.16. The van der Waals surface area contributed by atoms with Gasteiger partial charge in [0.25, 0.3) is 11.5 Å². The monoisotopic (exact) mass is 464 g/mol. The summed E-state index contributed by atoms with van der Waals surface area (Å²) in [6.45, 7) is 8.23. The Kier molecular flexibility index (Phi) is 8.02. The second-order valence-electron chi connectivity index (χ2n) is 8.16. The van der Waals surface area contributed by atoms with E-state index in [4.69, 9.17) is 4.74 Å². The van der Waals surface area contributed by atoms with E-state index in [0.717, 1.165) is 0 Å². The number of alkyl halides is 6. The molecule has 0 spiro atoms. The molecular weight excluding hydrogens is 438 g/mol. The third-order valence-electron chi connectivity index (χ3n) is 4.73. The standard InChI is InChI=1S/C18H26F6N2O5/c1-6-9(7-2)12(14(28)30-15(3,4)5)25-13(27)10-8-11(31-26-10)16(29,17(19,20)21)18(22,23)24/h9,11-12,29H,6-8H2,1-5H3,(H,25,27). The molecule has 1 aliphatic heterocycles. The number of ether oxygens (including phenoxy) is 1. The maximum atomic E-state index is 13.0. The van der Waals surface area contributed by atoms with E-state index in [9.17, 15) is 41.0 Å². The number of hydrogen-bond acceptors (Lipinski definition) is 6. The van der Waals surface area contributed by atoms with Gasteiger partial charge in [-0.1, -0.05) is 31.8 Å². The summed E-state index contributed by atoms with van der Waals surface area (Å²) < 4.78 is 83.2. The highest BCUT2D eigenvalue weighted by molar-refractivity contribution is 6.39. The van der Waals surface area contributed by atoms with Gasteiger partial charge >= 0.3 is 18.3 Å². The molecule has 1 aliphatic rings. The second kappa shape index (κ2) is 9.21. The minimum Gasteiger partial charge on any atom is -0.458 e. The molecule has 0 fully saturated rings. The first-order chi connectivity index (χ1) is 13.9. The van der Waals surface area contributed by atoms with Gasteiger partial charge in [0.2, 0.25) is 0 Å². The van der Waals surface area contributed by atoms with Crippen molar-refractivity contribution in [2.45, 2.75) is 89.6 Å². The Morgan fingerprint density at radius 2 is 1.61 bits per heavy atom. The first-order valence-electron chi connectivity index (χ1n) is 9.51.